The first-order valence-corrected chi connectivity index (χ1v) is 7.75. The van der Waals surface area contributed by atoms with Crippen LogP contribution < -0.4 is 5.32 Å². The quantitative estimate of drug-likeness (QED) is 0.708. The van der Waals surface area contributed by atoms with Gasteiger partial charge in [-0.05, 0) is 47.6 Å². The molecule has 21 heavy (non-hydrogen) atoms. The molecule has 2 aromatic carbocycles. The summed E-state index contributed by atoms with van der Waals surface area (Å²) in [6.45, 7) is 4.33. The molecule has 2 rings (SSSR count). The Kier molecular flexibility index (Phi) is 5.36. The van der Waals surface area contributed by atoms with E-state index in [0.717, 1.165) is 5.56 Å². The molecule has 2 aromatic rings. The van der Waals surface area contributed by atoms with Gasteiger partial charge >= 0.3 is 0 Å². The second kappa shape index (κ2) is 6.86. The van der Waals surface area contributed by atoms with Crippen LogP contribution in [0.3, 0.4) is 0 Å². The Morgan fingerprint density at radius 2 is 1.81 bits per heavy atom. The average Bonchev–Trinajstić information content (AvgIpc) is 2.43. The summed E-state index contributed by atoms with van der Waals surface area (Å²) in [4.78, 5) is 0. The van der Waals surface area contributed by atoms with Gasteiger partial charge in [0, 0.05) is 15.6 Å². The molecule has 1 nitrogen and oxygen atoms in total. The number of nitrogens with one attached hydrogen (secondary N) is 1. The highest BCUT2D eigenvalue weighted by Gasteiger charge is 2.21. The molecule has 5 heteroatoms. The molecule has 0 heterocycles. The van der Waals surface area contributed by atoms with Crippen molar-refractivity contribution in [1.82, 2.24) is 5.32 Å². The Morgan fingerprint density at radius 1 is 1.14 bits per heavy atom. The molecule has 0 saturated heterocycles. The minimum Gasteiger partial charge on any atom is -0.306 e. The second-order valence-electron chi connectivity index (χ2n) is 4.80. The third-order valence-corrected chi connectivity index (χ3v) is 4.42. The molecule has 1 N–H and O–H groups in total. The van der Waals surface area contributed by atoms with Gasteiger partial charge in [-0.1, -0.05) is 36.2 Å². The second-order valence-corrected chi connectivity index (χ2v) is 6.07. The van der Waals surface area contributed by atoms with Crippen molar-refractivity contribution in [2.45, 2.75) is 19.9 Å². The van der Waals surface area contributed by atoms with E-state index in [1.807, 2.05) is 13.8 Å². The van der Waals surface area contributed by atoms with E-state index in [-0.39, 0.29) is 5.82 Å². The number of hydrogen-bond donors (Lipinski definition) is 1. The largest absolute Gasteiger partial charge is 0.306 e. The summed E-state index contributed by atoms with van der Waals surface area (Å²) in [5, 5.41) is 3.51. The smallest absolute Gasteiger partial charge is 0.129 e. The van der Waals surface area contributed by atoms with Crippen LogP contribution in [0.15, 0.2) is 34.8 Å². The molecule has 0 aliphatic heterocycles. The minimum atomic E-state index is -0.583. The highest BCUT2D eigenvalue weighted by Crippen LogP contribution is 2.32. The van der Waals surface area contributed by atoms with Gasteiger partial charge in [-0.3, -0.25) is 0 Å². The summed E-state index contributed by atoms with van der Waals surface area (Å²) in [6.07, 6.45) is 0. The molecule has 0 bridgehead atoms. The molecular formula is C16H15BrClF2N. The molecule has 0 radical (unpaired) electrons. The van der Waals surface area contributed by atoms with Crippen molar-refractivity contribution >= 4 is 27.5 Å². The van der Waals surface area contributed by atoms with Gasteiger partial charge in [0.2, 0.25) is 0 Å². The van der Waals surface area contributed by atoms with Crippen LogP contribution in [0.4, 0.5) is 8.78 Å². The van der Waals surface area contributed by atoms with Crippen LogP contribution in [0.25, 0.3) is 0 Å². The highest BCUT2D eigenvalue weighted by molar-refractivity contribution is 9.10. The van der Waals surface area contributed by atoms with E-state index in [0.29, 0.717) is 27.2 Å². The zero-order chi connectivity index (χ0) is 15.6. The lowest BCUT2D eigenvalue weighted by Crippen LogP contribution is -2.24. The molecule has 0 amide bonds. The minimum absolute atomic E-state index is 0.328. The van der Waals surface area contributed by atoms with E-state index in [1.165, 1.54) is 18.2 Å². The maximum absolute atomic E-state index is 14.3. The first-order valence-electron chi connectivity index (χ1n) is 6.58. The lowest BCUT2D eigenvalue weighted by molar-refractivity contribution is 0.530. The Labute approximate surface area is 136 Å². The predicted octanol–water partition coefficient (Wildman–Crippen LogP) is 5.39. The third kappa shape index (κ3) is 3.62. The Bertz CT molecular complexity index is 661. The molecular weight excluding hydrogens is 360 g/mol. The van der Waals surface area contributed by atoms with E-state index in [4.69, 9.17) is 11.6 Å². The van der Waals surface area contributed by atoms with Gasteiger partial charge in [-0.2, -0.15) is 0 Å². The molecule has 0 spiro atoms. The van der Waals surface area contributed by atoms with Crippen molar-refractivity contribution in [3.8, 4) is 0 Å². The summed E-state index contributed by atoms with van der Waals surface area (Å²) in [7, 11) is 0. The Morgan fingerprint density at radius 3 is 2.48 bits per heavy atom. The summed E-state index contributed by atoms with van der Waals surface area (Å²) < 4.78 is 28.9. The van der Waals surface area contributed by atoms with E-state index >= 15 is 0 Å². The Hall–Kier alpha value is -0.970. The molecule has 112 valence electrons. The summed E-state index contributed by atoms with van der Waals surface area (Å²) in [5.41, 5.74) is 1.65. The van der Waals surface area contributed by atoms with Crippen LogP contribution in [0.5, 0.6) is 0 Å². The highest BCUT2D eigenvalue weighted by atomic mass is 79.9. The van der Waals surface area contributed by atoms with E-state index < -0.39 is 11.9 Å². The fourth-order valence-electron chi connectivity index (χ4n) is 2.24. The summed E-state index contributed by atoms with van der Waals surface area (Å²) in [6, 6.07) is 7.05. The van der Waals surface area contributed by atoms with Gasteiger partial charge in [0.05, 0.1) is 11.1 Å². The maximum atomic E-state index is 14.3. The fourth-order valence-corrected chi connectivity index (χ4v) is 2.72. The van der Waals surface area contributed by atoms with E-state index in [9.17, 15) is 8.78 Å². The molecule has 0 aliphatic rings. The van der Waals surface area contributed by atoms with Crippen molar-refractivity contribution in [2.75, 3.05) is 6.54 Å². The van der Waals surface area contributed by atoms with Crippen LogP contribution in [0, 0.1) is 18.6 Å². The van der Waals surface area contributed by atoms with Gasteiger partial charge in [-0.25, -0.2) is 8.78 Å². The molecule has 0 aromatic heterocycles. The predicted molar refractivity (Wildman–Crippen MR) is 85.8 cm³/mol. The molecule has 1 atom stereocenters. The number of rotatable bonds is 4. The number of benzene rings is 2. The van der Waals surface area contributed by atoms with Gasteiger partial charge in [0.25, 0.3) is 0 Å². The average molecular weight is 375 g/mol. The summed E-state index contributed by atoms with van der Waals surface area (Å²) in [5.74, 6) is -0.803. The van der Waals surface area contributed by atoms with E-state index in [2.05, 4.69) is 21.2 Å². The van der Waals surface area contributed by atoms with Gasteiger partial charge in [-0.15, -0.1) is 0 Å². The lowest BCUT2D eigenvalue weighted by Gasteiger charge is -2.21. The topological polar surface area (TPSA) is 12.0 Å². The summed E-state index contributed by atoms with van der Waals surface area (Å²) >= 11 is 9.24. The third-order valence-electron chi connectivity index (χ3n) is 3.22. The Balaban J connectivity index is 2.58. The zero-order valence-corrected chi connectivity index (χ0v) is 14.0. The number of aryl methyl sites for hydroxylation is 1. The van der Waals surface area contributed by atoms with Crippen molar-refractivity contribution in [2.24, 2.45) is 0 Å². The van der Waals surface area contributed by atoms with Gasteiger partial charge < -0.3 is 5.32 Å². The van der Waals surface area contributed by atoms with Crippen LogP contribution in [-0.4, -0.2) is 6.54 Å². The van der Waals surface area contributed by atoms with Crippen molar-refractivity contribution in [3.63, 3.8) is 0 Å². The molecule has 1 unspecified atom stereocenters. The normalized spacial score (nSPS) is 12.5. The van der Waals surface area contributed by atoms with Crippen LogP contribution in [0.2, 0.25) is 5.02 Å². The molecule has 0 saturated carbocycles. The van der Waals surface area contributed by atoms with Gasteiger partial charge in [0.1, 0.15) is 11.6 Å². The van der Waals surface area contributed by atoms with Crippen molar-refractivity contribution in [3.05, 3.63) is 68.2 Å². The molecule has 0 aliphatic carbocycles. The first kappa shape index (κ1) is 16.4. The first-order chi connectivity index (χ1) is 9.93. The maximum Gasteiger partial charge on any atom is 0.129 e. The van der Waals surface area contributed by atoms with Crippen LogP contribution in [-0.2, 0) is 0 Å². The zero-order valence-electron chi connectivity index (χ0n) is 11.7. The lowest BCUT2D eigenvalue weighted by atomic mass is 9.96. The number of hydrogen-bond acceptors (Lipinski definition) is 1. The van der Waals surface area contributed by atoms with Crippen molar-refractivity contribution < 1.29 is 8.78 Å². The number of halogens is 4. The van der Waals surface area contributed by atoms with Gasteiger partial charge in [0.15, 0.2) is 0 Å². The van der Waals surface area contributed by atoms with Crippen LogP contribution >= 0.6 is 27.5 Å². The van der Waals surface area contributed by atoms with Crippen LogP contribution in [0.1, 0.15) is 29.7 Å². The standard InChI is InChI=1S/C16H15BrClF2N/c1-3-21-16(10-6-9(2)4-5-14(10)19)11-7-13(18)12(17)8-15(11)20/h4-8,16,21H,3H2,1-2H3. The SMILES string of the molecule is CCNC(c1cc(C)ccc1F)c1cc(Cl)c(Br)cc1F. The fraction of sp³-hybridized carbons (Fsp3) is 0.250. The molecule has 0 fully saturated rings. The monoisotopic (exact) mass is 373 g/mol. The van der Waals surface area contributed by atoms with Crippen molar-refractivity contribution in [1.29, 1.82) is 0 Å². The van der Waals surface area contributed by atoms with E-state index in [1.54, 1.807) is 12.1 Å².